The molecular weight excluding hydrogens is 535 g/mol. The van der Waals surface area contributed by atoms with Gasteiger partial charge in [0.05, 0.1) is 23.5 Å². The number of amides is 1. The summed E-state index contributed by atoms with van der Waals surface area (Å²) in [4.78, 5) is 23.5. The molecular formula is C26H24F3N5O4S. The lowest BCUT2D eigenvalue weighted by Crippen LogP contribution is -2.48. The molecule has 39 heavy (non-hydrogen) atoms. The molecule has 1 amide bonds. The predicted molar refractivity (Wildman–Crippen MR) is 137 cm³/mol. The second kappa shape index (κ2) is 9.65. The molecule has 2 N–H and O–H groups in total. The zero-order valence-electron chi connectivity index (χ0n) is 20.9. The maximum atomic E-state index is 13.1. The fraction of sp³-hybridized carbons (Fsp3) is 0.269. The zero-order valence-corrected chi connectivity index (χ0v) is 21.7. The van der Waals surface area contributed by atoms with Crippen LogP contribution in [-0.4, -0.2) is 43.9 Å². The van der Waals surface area contributed by atoms with E-state index in [1.54, 1.807) is 49.3 Å². The Labute approximate surface area is 222 Å². The third kappa shape index (κ3) is 5.59. The number of anilines is 1. The summed E-state index contributed by atoms with van der Waals surface area (Å²) in [6.45, 7) is -0.0516. The van der Waals surface area contributed by atoms with Crippen LogP contribution in [0.4, 0.5) is 19.1 Å². The van der Waals surface area contributed by atoms with E-state index in [0.29, 0.717) is 46.7 Å². The molecule has 0 aliphatic heterocycles. The lowest BCUT2D eigenvalue weighted by Gasteiger charge is -2.17. The van der Waals surface area contributed by atoms with Gasteiger partial charge in [0.1, 0.15) is 11.1 Å². The molecule has 4 aromatic rings. The number of fused-ring (bicyclic) bond motifs is 1. The Hall–Kier alpha value is -3.97. The number of furan rings is 1. The second-order valence-corrected chi connectivity index (χ2v) is 11.1. The first-order chi connectivity index (χ1) is 18.4. The number of hydrogen-bond donors (Lipinski definition) is 2. The fourth-order valence-corrected chi connectivity index (χ4v) is 5.38. The van der Waals surface area contributed by atoms with Crippen molar-refractivity contribution in [2.75, 3.05) is 19.0 Å². The Kier molecular flexibility index (Phi) is 6.59. The van der Waals surface area contributed by atoms with Gasteiger partial charge in [-0.25, -0.2) is 18.4 Å². The normalized spacial score (nSPS) is 14.8. The van der Waals surface area contributed by atoms with Gasteiger partial charge in [0.25, 0.3) is 10.0 Å². The van der Waals surface area contributed by atoms with E-state index < -0.39 is 33.2 Å². The van der Waals surface area contributed by atoms with Gasteiger partial charge >= 0.3 is 6.18 Å². The summed E-state index contributed by atoms with van der Waals surface area (Å²) < 4.78 is 72.7. The zero-order chi connectivity index (χ0) is 28.0. The number of benzene rings is 2. The maximum absolute atomic E-state index is 13.1. The van der Waals surface area contributed by atoms with Gasteiger partial charge in [-0.2, -0.15) is 17.9 Å². The van der Waals surface area contributed by atoms with E-state index in [4.69, 9.17) is 4.42 Å². The predicted octanol–water partition coefficient (Wildman–Crippen LogP) is 4.10. The summed E-state index contributed by atoms with van der Waals surface area (Å²) in [7, 11) is -0.693. The van der Waals surface area contributed by atoms with Crippen molar-refractivity contribution in [3.63, 3.8) is 0 Å². The van der Waals surface area contributed by atoms with Crippen molar-refractivity contribution >= 4 is 32.8 Å². The van der Waals surface area contributed by atoms with Crippen molar-refractivity contribution in [3.8, 4) is 11.3 Å². The quantitative estimate of drug-likeness (QED) is 0.334. The highest BCUT2D eigenvalue weighted by molar-refractivity contribution is 7.89. The SMILES string of the molecule is CN(C)c1nc(CNC(=O)C2(NS(=O)(=O)c3cc4ccccc4o3)CC2)cc(-c2ccc(C(F)(F)F)cc2)n1. The standard InChI is InChI=1S/C26H24F3N5O4S/c1-34(2)24-31-19(14-20(32-24)16-7-9-18(10-8-16)26(27,28)29)15-30-23(35)25(11-12-25)33-39(36,37)22-13-17-5-3-4-6-21(17)38-22/h3-10,13-14,33H,11-12,15H2,1-2H3,(H,30,35). The van der Waals surface area contributed by atoms with Gasteiger partial charge in [-0.05, 0) is 37.1 Å². The molecule has 2 aromatic carbocycles. The minimum Gasteiger partial charge on any atom is -0.443 e. The van der Waals surface area contributed by atoms with Crippen LogP contribution in [0.5, 0.6) is 0 Å². The van der Waals surface area contributed by atoms with Crippen LogP contribution in [0, 0.1) is 0 Å². The number of rotatable bonds is 8. The number of halogens is 3. The van der Waals surface area contributed by atoms with E-state index in [1.165, 1.54) is 18.2 Å². The summed E-state index contributed by atoms with van der Waals surface area (Å²) in [5, 5.41) is 3.06. The summed E-state index contributed by atoms with van der Waals surface area (Å²) in [6, 6.07) is 14.4. The number of sulfonamides is 1. The summed E-state index contributed by atoms with van der Waals surface area (Å²) in [5.41, 5.74) is -0.465. The third-order valence-electron chi connectivity index (χ3n) is 6.29. The van der Waals surface area contributed by atoms with Crippen LogP contribution in [0.3, 0.4) is 0 Å². The number of nitrogens with zero attached hydrogens (tertiary/aromatic N) is 3. The molecule has 13 heteroatoms. The smallest absolute Gasteiger partial charge is 0.416 e. The Morgan fingerprint density at radius 3 is 2.36 bits per heavy atom. The Bertz CT molecular complexity index is 1610. The molecule has 5 rings (SSSR count). The second-order valence-electron chi connectivity index (χ2n) is 9.49. The van der Waals surface area contributed by atoms with Crippen LogP contribution in [0.25, 0.3) is 22.2 Å². The van der Waals surface area contributed by atoms with Gasteiger partial charge in [0, 0.05) is 31.1 Å². The molecule has 1 fully saturated rings. The molecule has 0 radical (unpaired) electrons. The first-order valence-electron chi connectivity index (χ1n) is 11.9. The number of hydrogen-bond acceptors (Lipinski definition) is 7. The molecule has 9 nitrogen and oxygen atoms in total. The number of aromatic nitrogens is 2. The Morgan fingerprint density at radius 2 is 1.74 bits per heavy atom. The van der Waals surface area contributed by atoms with E-state index in [-0.39, 0.29) is 11.6 Å². The van der Waals surface area contributed by atoms with Crippen LogP contribution in [0.15, 0.2) is 70.2 Å². The first kappa shape index (κ1) is 26.6. The molecule has 2 aromatic heterocycles. The fourth-order valence-electron chi connectivity index (χ4n) is 3.99. The largest absolute Gasteiger partial charge is 0.443 e. The van der Waals surface area contributed by atoms with Crippen molar-refractivity contribution in [2.24, 2.45) is 0 Å². The van der Waals surface area contributed by atoms with Crippen molar-refractivity contribution in [1.82, 2.24) is 20.0 Å². The monoisotopic (exact) mass is 559 g/mol. The van der Waals surface area contributed by atoms with Crippen LogP contribution in [0.2, 0.25) is 0 Å². The molecule has 0 atom stereocenters. The third-order valence-corrected chi connectivity index (χ3v) is 7.68. The van der Waals surface area contributed by atoms with Gasteiger partial charge in [0.15, 0.2) is 0 Å². The number of nitrogens with one attached hydrogen (secondary N) is 2. The highest BCUT2D eigenvalue weighted by atomic mass is 32.2. The van der Waals surface area contributed by atoms with Crippen molar-refractivity contribution in [2.45, 2.75) is 36.2 Å². The Balaban J connectivity index is 1.32. The van der Waals surface area contributed by atoms with E-state index in [9.17, 15) is 26.4 Å². The number of carbonyl (C=O) groups excluding carboxylic acids is 1. The highest BCUT2D eigenvalue weighted by Gasteiger charge is 2.53. The van der Waals surface area contributed by atoms with E-state index >= 15 is 0 Å². The van der Waals surface area contributed by atoms with Gasteiger partial charge in [-0.3, -0.25) is 4.79 Å². The van der Waals surface area contributed by atoms with E-state index in [2.05, 4.69) is 20.0 Å². The maximum Gasteiger partial charge on any atom is 0.416 e. The van der Waals surface area contributed by atoms with E-state index in [1.807, 2.05) is 0 Å². The minimum absolute atomic E-state index is 0.0516. The molecule has 0 saturated heterocycles. The molecule has 0 spiro atoms. The molecule has 2 heterocycles. The number of para-hydroxylation sites is 1. The molecule has 1 aliphatic rings. The van der Waals surface area contributed by atoms with Crippen molar-refractivity contribution in [3.05, 3.63) is 71.9 Å². The van der Waals surface area contributed by atoms with Crippen LogP contribution in [0.1, 0.15) is 24.1 Å². The van der Waals surface area contributed by atoms with Crippen LogP contribution in [-0.2, 0) is 27.5 Å². The summed E-state index contributed by atoms with van der Waals surface area (Å²) in [5.74, 6) is -0.230. The van der Waals surface area contributed by atoms with Gasteiger partial charge in [-0.1, -0.05) is 30.3 Å². The van der Waals surface area contributed by atoms with Gasteiger partial charge in [-0.15, -0.1) is 0 Å². The van der Waals surface area contributed by atoms with Crippen LogP contribution < -0.4 is 14.9 Å². The molecule has 1 saturated carbocycles. The average molecular weight is 560 g/mol. The molecule has 1 aliphatic carbocycles. The van der Waals surface area contributed by atoms with Gasteiger partial charge < -0.3 is 14.6 Å². The topological polar surface area (TPSA) is 117 Å². The molecule has 204 valence electrons. The number of alkyl halides is 3. The minimum atomic E-state index is -4.46. The highest BCUT2D eigenvalue weighted by Crippen LogP contribution is 2.38. The van der Waals surface area contributed by atoms with Gasteiger partial charge in [0.2, 0.25) is 16.9 Å². The number of carbonyl (C=O) groups is 1. The van der Waals surface area contributed by atoms with Crippen molar-refractivity contribution < 1.29 is 30.8 Å². The van der Waals surface area contributed by atoms with Crippen molar-refractivity contribution in [1.29, 1.82) is 0 Å². The van der Waals surface area contributed by atoms with Crippen LogP contribution >= 0.6 is 0 Å². The van der Waals surface area contributed by atoms with E-state index in [0.717, 1.165) is 12.1 Å². The Morgan fingerprint density at radius 1 is 1.05 bits per heavy atom. The lowest BCUT2D eigenvalue weighted by molar-refractivity contribution is -0.137. The first-order valence-corrected chi connectivity index (χ1v) is 13.4. The lowest BCUT2D eigenvalue weighted by atomic mass is 10.1. The molecule has 0 bridgehead atoms. The average Bonchev–Trinajstić information content (AvgIpc) is 3.52. The summed E-state index contributed by atoms with van der Waals surface area (Å²) in [6.07, 6.45) is -3.84. The summed E-state index contributed by atoms with van der Waals surface area (Å²) >= 11 is 0. The molecule has 0 unspecified atom stereocenters.